The molecule has 1 N–H and O–H groups in total. The Hall–Kier alpha value is -3.52. The van der Waals surface area contributed by atoms with E-state index in [2.05, 4.69) is 29.6 Å². The maximum atomic E-state index is 13.3. The van der Waals surface area contributed by atoms with Gasteiger partial charge >= 0.3 is 0 Å². The quantitative estimate of drug-likeness (QED) is 0.350. The summed E-state index contributed by atoms with van der Waals surface area (Å²) >= 11 is 0. The topological polar surface area (TPSA) is 98.2 Å². The first-order valence-electron chi connectivity index (χ1n) is 12.9. The number of pyridine rings is 2. The predicted molar refractivity (Wildman–Crippen MR) is 153 cm³/mol. The van der Waals surface area contributed by atoms with E-state index in [9.17, 15) is 13.2 Å². The Morgan fingerprint density at radius 2 is 1.76 bits per heavy atom. The summed E-state index contributed by atoms with van der Waals surface area (Å²) in [5, 5.41) is -0.227. The molecule has 8 heteroatoms. The second kappa shape index (κ2) is 11.1. The molecule has 0 fully saturated rings. The minimum absolute atomic E-state index is 0. The van der Waals surface area contributed by atoms with Crippen molar-refractivity contribution in [2.24, 2.45) is 11.8 Å². The predicted octanol–water partition coefficient (Wildman–Crippen LogP) is 6.95. The average Bonchev–Trinajstić information content (AvgIpc) is 2.86. The first kappa shape index (κ1) is 27.5. The molecule has 204 valence electrons. The van der Waals surface area contributed by atoms with Crippen molar-refractivity contribution in [1.82, 2.24) is 14.7 Å². The standard InChI is InChI=1S/C30H35N3O4S.2H2/c1-18(2)23-10-12-24(13-11-23)26-15-14-25(29(34)33-38(35,36)27-9-7-8-22(6)31-27)30(32-26)37-28-20(4)16-19(3)17-21(28)5;;/h7-9,12,14-18,23H,10-11,13H2,1-6H3,(H,33,34);2*1H. The number of ether oxygens (including phenoxy) is 1. The molecule has 2 heterocycles. The number of carbonyl (C=O) groups is 1. The molecule has 0 saturated carbocycles. The lowest BCUT2D eigenvalue weighted by atomic mass is 9.81. The minimum Gasteiger partial charge on any atom is -0.438 e. The van der Waals surface area contributed by atoms with Gasteiger partial charge in [-0.1, -0.05) is 43.7 Å². The third-order valence-electron chi connectivity index (χ3n) is 7.00. The molecule has 1 aliphatic rings. The number of hydrogen-bond acceptors (Lipinski definition) is 6. The summed E-state index contributed by atoms with van der Waals surface area (Å²) in [6.07, 6.45) is 5.15. The van der Waals surface area contributed by atoms with Crippen LogP contribution in [0.5, 0.6) is 11.6 Å². The number of benzene rings is 1. The molecular weight excluding hydrogens is 498 g/mol. The fraction of sp³-hybridized carbons (Fsp3) is 0.367. The van der Waals surface area contributed by atoms with E-state index in [1.807, 2.05) is 32.9 Å². The van der Waals surface area contributed by atoms with Crippen LogP contribution >= 0.6 is 0 Å². The Bertz CT molecular complexity index is 1500. The van der Waals surface area contributed by atoms with Gasteiger partial charge in [0, 0.05) is 8.55 Å². The largest absolute Gasteiger partial charge is 0.438 e. The van der Waals surface area contributed by atoms with Crippen molar-refractivity contribution in [3.63, 3.8) is 0 Å². The van der Waals surface area contributed by atoms with Gasteiger partial charge in [-0.25, -0.2) is 14.7 Å². The fourth-order valence-corrected chi connectivity index (χ4v) is 5.86. The zero-order chi connectivity index (χ0) is 27.6. The highest BCUT2D eigenvalue weighted by atomic mass is 32.2. The van der Waals surface area contributed by atoms with Gasteiger partial charge in [-0.15, -0.1) is 0 Å². The van der Waals surface area contributed by atoms with Gasteiger partial charge in [0.2, 0.25) is 5.88 Å². The molecule has 0 saturated heterocycles. The number of carbonyl (C=O) groups excluding carboxylic acids is 1. The molecular formula is C30H39N3O4S. The van der Waals surface area contributed by atoms with E-state index in [1.54, 1.807) is 31.2 Å². The molecule has 0 radical (unpaired) electrons. The Morgan fingerprint density at radius 1 is 1.05 bits per heavy atom. The van der Waals surface area contributed by atoms with Gasteiger partial charge in [-0.05, 0) is 99.8 Å². The Morgan fingerprint density at radius 3 is 2.37 bits per heavy atom. The summed E-state index contributed by atoms with van der Waals surface area (Å²) < 4.78 is 34.2. The summed E-state index contributed by atoms with van der Waals surface area (Å²) in [6.45, 7) is 12.0. The molecule has 2 aromatic heterocycles. The van der Waals surface area contributed by atoms with Gasteiger partial charge in [-0.2, -0.15) is 8.42 Å². The molecule has 0 spiro atoms. The number of aromatic nitrogens is 2. The van der Waals surface area contributed by atoms with E-state index >= 15 is 0 Å². The van der Waals surface area contributed by atoms with Crippen LogP contribution in [0.2, 0.25) is 0 Å². The van der Waals surface area contributed by atoms with E-state index in [4.69, 9.17) is 9.72 Å². The number of nitrogens with zero attached hydrogens (tertiary/aromatic N) is 2. The van der Waals surface area contributed by atoms with Crippen LogP contribution in [0.3, 0.4) is 0 Å². The van der Waals surface area contributed by atoms with E-state index < -0.39 is 15.9 Å². The van der Waals surface area contributed by atoms with Gasteiger partial charge < -0.3 is 4.74 Å². The van der Waals surface area contributed by atoms with Crippen molar-refractivity contribution < 1.29 is 20.8 Å². The van der Waals surface area contributed by atoms with Crippen LogP contribution in [-0.2, 0) is 10.0 Å². The zero-order valence-electron chi connectivity index (χ0n) is 22.8. The van der Waals surface area contributed by atoms with Crippen LogP contribution < -0.4 is 9.46 Å². The molecule has 1 atom stereocenters. The monoisotopic (exact) mass is 537 g/mol. The lowest BCUT2D eigenvalue weighted by Gasteiger charge is -2.25. The van der Waals surface area contributed by atoms with Gasteiger partial charge in [0.05, 0.1) is 5.69 Å². The Labute approximate surface area is 228 Å². The van der Waals surface area contributed by atoms with Gasteiger partial charge in [0.1, 0.15) is 11.3 Å². The number of allylic oxidation sites excluding steroid dienone is 2. The third kappa shape index (κ3) is 6.13. The highest BCUT2D eigenvalue weighted by molar-refractivity contribution is 7.90. The summed E-state index contributed by atoms with van der Waals surface area (Å²) in [5.74, 6) is 1.08. The molecule has 4 rings (SSSR count). The van der Waals surface area contributed by atoms with Gasteiger partial charge in [-0.3, -0.25) is 4.79 Å². The summed E-state index contributed by atoms with van der Waals surface area (Å²) in [4.78, 5) is 22.1. The number of amides is 1. The van der Waals surface area contributed by atoms with Crippen LogP contribution in [0.15, 0.2) is 53.6 Å². The summed E-state index contributed by atoms with van der Waals surface area (Å²) in [5.41, 5.74) is 5.28. The fourth-order valence-electron chi connectivity index (χ4n) is 4.88. The molecule has 1 aromatic carbocycles. The lowest BCUT2D eigenvalue weighted by Crippen LogP contribution is -2.31. The SMILES string of the molecule is Cc1cc(C)c(Oc2nc(C3=CCC(C(C)C)CC3)ccc2C(=O)NS(=O)(=O)c2cccc(C)n2)c(C)c1.[HH].[HH]. The molecule has 7 nitrogen and oxygen atoms in total. The molecule has 38 heavy (non-hydrogen) atoms. The molecule has 3 aromatic rings. The van der Waals surface area contributed by atoms with Crippen LogP contribution in [-0.4, -0.2) is 24.3 Å². The van der Waals surface area contributed by atoms with Crippen molar-refractivity contribution >= 4 is 21.5 Å². The molecule has 1 amide bonds. The summed E-state index contributed by atoms with van der Waals surface area (Å²) in [6, 6.07) is 11.9. The molecule has 0 aliphatic heterocycles. The van der Waals surface area contributed by atoms with Crippen molar-refractivity contribution in [3.8, 4) is 11.6 Å². The number of rotatable bonds is 7. The minimum atomic E-state index is -4.19. The van der Waals surface area contributed by atoms with Crippen molar-refractivity contribution in [2.45, 2.75) is 65.8 Å². The van der Waals surface area contributed by atoms with Crippen LogP contribution in [0, 0.1) is 39.5 Å². The Kier molecular flexibility index (Phi) is 8.02. The number of hydrogen-bond donors (Lipinski definition) is 1. The second-order valence-electron chi connectivity index (χ2n) is 10.4. The normalized spacial score (nSPS) is 15.8. The zero-order valence-corrected chi connectivity index (χ0v) is 23.6. The second-order valence-corrected chi connectivity index (χ2v) is 12.1. The van der Waals surface area contributed by atoms with Gasteiger partial charge in [0.25, 0.3) is 15.9 Å². The maximum Gasteiger partial charge on any atom is 0.281 e. The first-order valence-corrected chi connectivity index (χ1v) is 14.4. The van der Waals surface area contributed by atoms with Crippen molar-refractivity contribution in [1.29, 1.82) is 0 Å². The molecule has 1 unspecified atom stereocenters. The Balaban J connectivity index is 0.00000280. The number of sulfonamides is 1. The van der Waals surface area contributed by atoms with Crippen LogP contribution in [0.1, 0.15) is 74.4 Å². The number of aryl methyl sites for hydroxylation is 4. The maximum absolute atomic E-state index is 13.3. The number of nitrogens with one attached hydrogen (secondary N) is 1. The van der Waals surface area contributed by atoms with E-state index in [1.165, 1.54) is 6.07 Å². The molecule has 0 bridgehead atoms. The van der Waals surface area contributed by atoms with Crippen LogP contribution in [0.4, 0.5) is 0 Å². The van der Waals surface area contributed by atoms with E-state index in [0.717, 1.165) is 47.2 Å². The van der Waals surface area contributed by atoms with E-state index in [0.29, 0.717) is 23.3 Å². The van der Waals surface area contributed by atoms with Crippen molar-refractivity contribution in [2.75, 3.05) is 0 Å². The molecule has 1 aliphatic carbocycles. The highest BCUT2D eigenvalue weighted by Gasteiger charge is 2.26. The highest BCUT2D eigenvalue weighted by Crippen LogP contribution is 2.36. The average molecular weight is 538 g/mol. The van der Waals surface area contributed by atoms with E-state index in [-0.39, 0.29) is 19.3 Å². The van der Waals surface area contributed by atoms with Gasteiger partial charge in [0.15, 0.2) is 5.03 Å². The van der Waals surface area contributed by atoms with Crippen molar-refractivity contribution in [3.05, 3.63) is 82.2 Å². The third-order valence-corrected chi connectivity index (χ3v) is 8.23. The lowest BCUT2D eigenvalue weighted by molar-refractivity contribution is 0.0978. The first-order chi connectivity index (χ1) is 17.9. The van der Waals surface area contributed by atoms with Crippen LogP contribution in [0.25, 0.3) is 5.57 Å². The smallest absolute Gasteiger partial charge is 0.281 e. The summed E-state index contributed by atoms with van der Waals surface area (Å²) in [7, 11) is -4.19.